The molecular weight excluding hydrogens is 505 g/mol. The lowest BCUT2D eigenvalue weighted by Crippen LogP contribution is -2.52. The van der Waals surface area contributed by atoms with Crippen molar-refractivity contribution in [2.45, 2.75) is 13.5 Å². The number of piperazine rings is 1. The standard InChI is InChI=1S/C23H27N5O2.HI/c1-2-24-23(25-16-19-17-30-22(26-19)18-8-4-3-5-9-18)28-14-12-27(13-15-28)20-10-6-7-11-21(20)29;/h3-11,17,29H,2,12-16H2,1H3,(H,24,25);1H. The molecule has 0 amide bonds. The van der Waals surface area contributed by atoms with Gasteiger partial charge in [0, 0.05) is 38.3 Å². The smallest absolute Gasteiger partial charge is 0.226 e. The number of anilines is 1. The third-order valence-corrected chi connectivity index (χ3v) is 5.10. The number of oxazole rings is 1. The molecule has 0 unspecified atom stereocenters. The van der Waals surface area contributed by atoms with Crippen LogP contribution in [0.4, 0.5) is 5.69 Å². The van der Waals surface area contributed by atoms with E-state index >= 15 is 0 Å². The second-order valence-corrected chi connectivity index (χ2v) is 7.14. The minimum atomic E-state index is 0. The third-order valence-electron chi connectivity index (χ3n) is 5.10. The fraction of sp³-hybridized carbons (Fsp3) is 0.304. The molecule has 4 rings (SSSR count). The average molecular weight is 533 g/mol. The molecule has 7 nitrogen and oxygen atoms in total. The molecule has 2 aromatic carbocycles. The van der Waals surface area contributed by atoms with Crippen LogP contribution in [0, 0.1) is 0 Å². The van der Waals surface area contributed by atoms with Gasteiger partial charge in [0.05, 0.1) is 12.2 Å². The lowest BCUT2D eigenvalue weighted by atomic mass is 10.2. The zero-order valence-electron chi connectivity index (χ0n) is 17.6. The van der Waals surface area contributed by atoms with Crippen LogP contribution in [0.25, 0.3) is 11.5 Å². The first-order valence-electron chi connectivity index (χ1n) is 10.3. The summed E-state index contributed by atoms with van der Waals surface area (Å²) in [6, 6.07) is 17.4. The first-order valence-corrected chi connectivity index (χ1v) is 10.3. The van der Waals surface area contributed by atoms with Gasteiger partial charge >= 0.3 is 0 Å². The van der Waals surface area contributed by atoms with Crippen LogP contribution in [-0.2, 0) is 6.54 Å². The molecule has 1 saturated heterocycles. The topological polar surface area (TPSA) is 77.1 Å². The number of aromatic hydroxyl groups is 1. The van der Waals surface area contributed by atoms with E-state index in [1.54, 1.807) is 12.3 Å². The minimum absolute atomic E-state index is 0. The van der Waals surface area contributed by atoms with Crippen molar-refractivity contribution in [2.24, 2.45) is 4.99 Å². The first kappa shape index (κ1) is 22.9. The van der Waals surface area contributed by atoms with Crippen molar-refractivity contribution >= 4 is 35.6 Å². The Labute approximate surface area is 199 Å². The van der Waals surface area contributed by atoms with Crippen LogP contribution in [0.3, 0.4) is 0 Å². The molecule has 1 fully saturated rings. The van der Waals surface area contributed by atoms with Crippen LogP contribution in [0.5, 0.6) is 5.75 Å². The second-order valence-electron chi connectivity index (χ2n) is 7.14. The highest BCUT2D eigenvalue weighted by molar-refractivity contribution is 14.0. The quantitative estimate of drug-likeness (QED) is 0.294. The summed E-state index contributed by atoms with van der Waals surface area (Å²) in [4.78, 5) is 13.8. The summed E-state index contributed by atoms with van der Waals surface area (Å²) in [5.74, 6) is 1.81. The molecule has 0 radical (unpaired) electrons. The van der Waals surface area contributed by atoms with Gasteiger partial charge < -0.3 is 24.6 Å². The minimum Gasteiger partial charge on any atom is -0.506 e. The fourth-order valence-corrected chi connectivity index (χ4v) is 3.57. The van der Waals surface area contributed by atoms with Crippen molar-refractivity contribution < 1.29 is 9.52 Å². The van der Waals surface area contributed by atoms with Crippen LogP contribution in [0.1, 0.15) is 12.6 Å². The monoisotopic (exact) mass is 533 g/mol. The van der Waals surface area contributed by atoms with Crippen LogP contribution in [-0.4, -0.2) is 53.7 Å². The largest absolute Gasteiger partial charge is 0.506 e. The van der Waals surface area contributed by atoms with E-state index in [0.717, 1.165) is 55.6 Å². The Kier molecular flexibility index (Phi) is 8.16. The molecule has 8 heteroatoms. The number of aliphatic imine (C=N–C) groups is 1. The van der Waals surface area contributed by atoms with Crippen molar-refractivity contribution in [1.82, 2.24) is 15.2 Å². The van der Waals surface area contributed by atoms with Gasteiger partial charge in [-0.15, -0.1) is 24.0 Å². The number of phenolic OH excluding ortho intramolecular Hbond substituents is 1. The van der Waals surface area contributed by atoms with Crippen molar-refractivity contribution in [1.29, 1.82) is 0 Å². The Morgan fingerprint density at radius 3 is 2.48 bits per heavy atom. The van der Waals surface area contributed by atoms with E-state index in [-0.39, 0.29) is 24.0 Å². The lowest BCUT2D eigenvalue weighted by Gasteiger charge is -2.37. The van der Waals surface area contributed by atoms with E-state index in [4.69, 9.17) is 9.41 Å². The normalized spacial score (nSPS) is 14.3. The van der Waals surface area contributed by atoms with Crippen LogP contribution >= 0.6 is 24.0 Å². The molecule has 0 atom stereocenters. The van der Waals surface area contributed by atoms with Gasteiger partial charge in [0.2, 0.25) is 5.89 Å². The number of halogens is 1. The molecule has 1 aliphatic rings. The zero-order chi connectivity index (χ0) is 20.8. The second kappa shape index (κ2) is 11.0. The number of para-hydroxylation sites is 2. The van der Waals surface area contributed by atoms with E-state index < -0.39 is 0 Å². The Hall–Kier alpha value is -2.75. The SMILES string of the molecule is CCNC(=NCc1coc(-c2ccccc2)n1)N1CCN(c2ccccc2O)CC1.I. The number of nitrogens with zero attached hydrogens (tertiary/aromatic N) is 4. The highest BCUT2D eigenvalue weighted by Crippen LogP contribution is 2.27. The molecule has 2 heterocycles. The molecule has 31 heavy (non-hydrogen) atoms. The molecule has 2 N–H and O–H groups in total. The number of guanidine groups is 1. The summed E-state index contributed by atoms with van der Waals surface area (Å²) in [5.41, 5.74) is 2.65. The highest BCUT2D eigenvalue weighted by Gasteiger charge is 2.21. The maximum absolute atomic E-state index is 10.1. The molecule has 3 aromatic rings. The van der Waals surface area contributed by atoms with Crippen LogP contribution < -0.4 is 10.2 Å². The van der Waals surface area contributed by atoms with Gasteiger partial charge in [0.15, 0.2) is 5.96 Å². The number of aromatic nitrogens is 1. The van der Waals surface area contributed by atoms with Gasteiger partial charge in [-0.25, -0.2) is 9.98 Å². The number of phenols is 1. The summed E-state index contributed by atoms with van der Waals surface area (Å²) in [7, 11) is 0. The molecule has 0 saturated carbocycles. The van der Waals surface area contributed by atoms with E-state index in [9.17, 15) is 5.11 Å². The number of nitrogens with one attached hydrogen (secondary N) is 1. The average Bonchev–Trinajstić information content (AvgIpc) is 3.27. The Bertz CT molecular complexity index is 984. The molecule has 1 aliphatic heterocycles. The van der Waals surface area contributed by atoms with Gasteiger partial charge in [0.1, 0.15) is 17.7 Å². The predicted molar refractivity (Wildman–Crippen MR) is 134 cm³/mol. The Balaban J connectivity index is 0.00000272. The van der Waals surface area contributed by atoms with E-state index in [2.05, 4.69) is 27.0 Å². The van der Waals surface area contributed by atoms with E-state index in [0.29, 0.717) is 18.2 Å². The van der Waals surface area contributed by atoms with Crippen molar-refractivity contribution in [3.8, 4) is 17.2 Å². The Morgan fingerprint density at radius 1 is 1.06 bits per heavy atom. The van der Waals surface area contributed by atoms with Gasteiger partial charge in [0.25, 0.3) is 0 Å². The summed E-state index contributed by atoms with van der Waals surface area (Å²) in [5, 5.41) is 13.5. The highest BCUT2D eigenvalue weighted by atomic mass is 127. The Morgan fingerprint density at radius 2 is 1.77 bits per heavy atom. The van der Waals surface area contributed by atoms with Crippen molar-refractivity contribution in [3.63, 3.8) is 0 Å². The van der Waals surface area contributed by atoms with Crippen LogP contribution in [0.2, 0.25) is 0 Å². The summed E-state index contributed by atoms with van der Waals surface area (Å²) in [6.07, 6.45) is 1.67. The molecular formula is C23H28IN5O2. The van der Waals surface area contributed by atoms with Gasteiger partial charge in [-0.1, -0.05) is 30.3 Å². The summed E-state index contributed by atoms with van der Waals surface area (Å²) in [6.45, 7) is 6.62. The molecule has 164 valence electrons. The van der Waals surface area contributed by atoms with Crippen molar-refractivity contribution in [3.05, 3.63) is 66.6 Å². The van der Waals surface area contributed by atoms with Gasteiger partial charge in [-0.3, -0.25) is 0 Å². The zero-order valence-corrected chi connectivity index (χ0v) is 19.9. The molecule has 0 bridgehead atoms. The lowest BCUT2D eigenvalue weighted by molar-refractivity contribution is 0.369. The number of benzene rings is 2. The van der Waals surface area contributed by atoms with Gasteiger partial charge in [-0.05, 0) is 31.2 Å². The van der Waals surface area contributed by atoms with Crippen LogP contribution in [0.15, 0.2) is 70.3 Å². The molecule has 1 aromatic heterocycles. The summed E-state index contributed by atoms with van der Waals surface area (Å²) < 4.78 is 5.62. The summed E-state index contributed by atoms with van der Waals surface area (Å²) >= 11 is 0. The number of hydrogen-bond acceptors (Lipinski definition) is 5. The fourth-order valence-electron chi connectivity index (χ4n) is 3.57. The van der Waals surface area contributed by atoms with Crippen molar-refractivity contribution in [2.75, 3.05) is 37.6 Å². The third kappa shape index (κ3) is 5.69. The van der Waals surface area contributed by atoms with Gasteiger partial charge in [-0.2, -0.15) is 0 Å². The maximum atomic E-state index is 10.1. The maximum Gasteiger partial charge on any atom is 0.226 e. The number of hydrogen-bond donors (Lipinski definition) is 2. The predicted octanol–water partition coefficient (Wildman–Crippen LogP) is 3.95. The van der Waals surface area contributed by atoms with E-state index in [1.165, 1.54) is 0 Å². The molecule has 0 spiro atoms. The van der Waals surface area contributed by atoms with E-state index in [1.807, 2.05) is 48.5 Å². The molecule has 0 aliphatic carbocycles. The first-order chi connectivity index (χ1) is 14.7. The number of rotatable bonds is 5.